The van der Waals surface area contributed by atoms with E-state index in [2.05, 4.69) is 14.8 Å². The van der Waals surface area contributed by atoms with Crippen molar-refractivity contribution in [3.8, 4) is 0 Å². The van der Waals surface area contributed by atoms with Crippen LogP contribution in [0.15, 0.2) is 53.3 Å². The Labute approximate surface area is 156 Å². The van der Waals surface area contributed by atoms with Crippen molar-refractivity contribution in [1.82, 2.24) is 14.5 Å². The average molecular weight is 366 g/mol. The summed E-state index contributed by atoms with van der Waals surface area (Å²) in [4.78, 5) is 30.8. The molecule has 140 valence electrons. The minimum atomic E-state index is -0.903. The number of hydrogen-bond donors (Lipinski definition) is 2. The van der Waals surface area contributed by atoms with E-state index >= 15 is 0 Å². The number of H-pyrrole nitrogens is 1. The minimum Gasteiger partial charge on any atom is -0.478 e. The van der Waals surface area contributed by atoms with Gasteiger partial charge in [0.25, 0.3) is 0 Å². The van der Waals surface area contributed by atoms with Crippen LogP contribution in [0.25, 0.3) is 11.0 Å². The second-order valence-electron chi connectivity index (χ2n) is 6.78. The predicted molar refractivity (Wildman–Crippen MR) is 105 cm³/mol. The van der Waals surface area contributed by atoms with E-state index in [1.165, 1.54) is 0 Å². The molecule has 7 heteroatoms. The number of carbonyl (C=O) groups is 1. The van der Waals surface area contributed by atoms with Crippen LogP contribution in [0, 0.1) is 0 Å². The van der Waals surface area contributed by atoms with Gasteiger partial charge in [0.1, 0.15) is 0 Å². The lowest BCUT2D eigenvalue weighted by Crippen LogP contribution is -2.47. The summed E-state index contributed by atoms with van der Waals surface area (Å²) in [5.41, 5.74) is 2.99. The maximum Gasteiger partial charge on any atom is 0.335 e. The number of benzene rings is 2. The smallest absolute Gasteiger partial charge is 0.335 e. The number of nitrogens with one attached hydrogen (secondary N) is 1. The molecule has 0 unspecified atom stereocenters. The zero-order chi connectivity index (χ0) is 18.8. The molecule has 2 aromatic carbocycles. The number of hydrogen-bond acceptors (Lipinski definition) is 4. The molecular weight excluding hydrogens is 344 g/mol. The molecule has 1 aromatic heterocycles. The number of imidazole rings is 1. The number of para-hydroxylation sites is 2. The Morgan fingerprint density at radius 2 is 1.78 bits per heavy atom. The van der Waals surface area contributed by atoms with Crippen LogP contribution in [-0.2, 0) is 6.54 Å². The van der Waals surface area contributed by atoms with Gasteiger partial charge in [-0.15, -0.1) is 0 Å². The van der Waals surface area contributed by atoms with Gasteiger partial charge >= 0.3 is 11.7 Å². The summed E-state index contributed by atoms with van der Waals surface area (Å²) in [6, 6.07) is 14.8. The Morgan fingerprint density at radius 3 is 2.56 bits per heavy atom. The molecule has 0 saturated carbocycles. The van der Waals surface area contributed by atoms with E-state index in [-0.39, 0.29) is 5.69 Å². The summed E-state index contributed by atoms with van der Waals surface area (Å²) < 4.78 is 1.79. The summed E-state index contributed by atoms with van der Waals surface area (Å²) in [7, 11) is 0. The largest absolute Gasteiger partial charge is 0.478 e. The molecule has 1 aliphatic heterocycles. The molecule has 1 saturated heterocycles. The van der Waals surface area contributed by atoms with Crippen LogP contribution in [0.3, 0.4) is 0 Å². The summed E-state index contributed by atoms with van der Waals surface area (Å²) in [6.45, 7) is 4.91. The molecule has 4 rings (SSSR count). The highest BCUT2D eigenvalue weighted by Gasteiger charge is 2.18. The van der Waals surface area contributed by atoms with Crippen LogP contribution < -0.4 is 10.6 Å². The van der Waals surface area contributed by atoms with Gasteiger partial charge in [0, 0.05) is 45.0 Å². The van der Waals surface area contributed by atoms with E-state index in [1.54, 1.807) is 22.8 Å². The third-order valence-corrected chi connectivity index (χ3v) is 5.15. The Morgan fingerprint density at radius 1 is 1.00 bits per heavy atom. The molecular formula is C20H22N4O3. The fraction of sp³-hybridized carbons (Fsp3) is 0.300. The summed E-state index contributed by atoms with van der Waals surface area (Å²) >= 11 is 0. The van der Waals surface area contributed by atoms with Gasteiger partial charge in [0.15, 0.2) is 0 Å². The normalized spacial score (nSPS) is 15.3. The molecule has 0 bridgehead atoms. The molecule has 2 N–H and O–H groups in total. The molecule has 0 amide bonds. The molecule has 3 aromatic rings. The van der Waals surface area contributed by atoms with Crippen molar-refractivity contribution < 1.29 is 9.90 Å². The van der Waals surface area contributed by atoms with Gasteiger partial charge in [0.05, 0.1) is 16.6 Å². The van der Waals surface area contributed by atoms with Gasteiger partial charge in [0.2, 0.25) is 0 Å². The fourth-order valence-electron chi connectivity index (χ4n) is 3.64. The predicted octanol–water partition coefficient (Wildman–Crippen LogP) is 1.85. The van der Waals surface area contributed by atoms with Crippen LogP contribution >= 0.6 is 0 Å². The highest BCUT2D eigenvalue weighted by Crippen LogP contribution is 2.18. The number of rotatable bonds is 5. The summed E-state index contributed by atoms with van der Waals surface area (Å²) in [5, 5.41) is 9.15. The lowest BCUT2D eigenvalue weighted by Gasteiger charge is -2.36. The molecule has 0 atom stereocenters. The topological polar surface area (TPSA) is 81.6 Å². The van der Waals surface area contributed by atoms with E-state index < -0.39 is 5.97 Å². The van der Waals surface area contributed by atoms with Gasteiger partial charge in [-0.3, -0.25) is 9.47 Å². The maximum absolute atomic E-state index is 12.2. The van der Waals surface area contributed by atoms with Gasteiger partial charge < -0.3 is 15.0 Å². The van der Waals surface area contributed by atoms with Crippen molar-refractivity contribution in [2.45, 2.75) is 6.54 Å². The second-order valence-corrected chi connectivity index (χ2v) is 6.78. The Hall–Kier alpha value is -3.06. The number of nitrogens with zero attached hydrogens (tertiary/aromatic N) is 3. The van der Waals surface area contributed by atoms with Crippen molar-refractivity contribution in [2.75, 3.05) is 37.6 Å². The van der Waals surface area contributed by atoms with E-state index in [0.29, 0.717) is 12.1 Å². The fourth-order valence-corrected chi connectivity index (χ4v) is 3.64. The Kier molecular flexibility index (Phi) is 4.68. The van der Waals surface area contributed by atoms with Crippen molar-refractivity contribution in [1.29, 1.82) is 0 Å². The summed E-state index contributed by atoms with van der Waals surface area (Å²) in [5.74, 6) is -0.903. The number of fused-ring (bicyclic) bond motifs is 1. The SMILES string of the molecule is O=C(O)c1cccc(N2CCN(CCn3c(=O)[nH]c4ccccc43)CC2)c1. The van der Waals surface area contributed by atoms with Gasteiger partial charge in [-0.05, 0) is 30.3 Å². The zero-order valence-corrected chi connectivity index (χ0v) is 15.0. The first-order valence-electron chi connectivity index (χ1n) is 9.10. The Bertz CT molecular complexity index is 1020. The molecule has 0 aliphatic carbocycles. The molecule has 27 heavy (non-hydrogen) atoms. The van der Waals surface area contributed by atoms with Crippen LogP contribution in [0.5, 0.6) is 0 Å². The highest BCUT2D eigenvalue weighted by molar-refractivity contribution is 5.88. The minimum absolute atomic E-state index is 0.0691. The lowest BCUT2D eigenvalue weighted by atomic mass is 10.1. The molecule has 0 spiro atoms. The first-order chi connectivity index (χ1) is 13.1. The summed E-state index contributed by atoms with van der Waals surface area (Å²) in [6.07, 6.45) is 0. The number of carboxylic acids is 1. The molecule has 2 heterocycles. The molecule has 0 radical (unpaired) electrons. The number of aromatic carboxylic acids is 1. The third-order valence-electron chi connectivity index (χ3n) is 5.15. The van der Waals surface area contributed by atoms with Gasteiger partial charge in [-0.2, -0.15) is 0 Å². The van der Waals surface area contributed by atoms with Gasteiger partial charge in [-0.25, -0.2) is 9.59 Å². The number of aromatic nitrogens is 2. The van der Waals surface area contributed by atoms with E-state index in [0.717, 1.165) is 49.4 Å². The molecule has 1 fully saturated rings. The zero-order valence-electron chi connectivity index (χ0n) is 15.0. The van der Waals surface area contributed by atoms with Crippen molar-refractivity contribution in [3.63, 3.8) is 0 Å². The molecule has 1 aliphatic rings. The maximum atomic E-state index is 12.2. The highest BCUT2D eigenvalue weighted by atomic mass is 16.4. The first kappa shape index (κ1) is 17.4. The van der Waals surface area contributed by atoms with Crippen LogP contribution in [0.1, 0.15) is 10.4 Å². The molecule has 7 nitrogen and oxygen atoms in total. The van der Waals surface area contributed by atoms with Crippen molar-refractivity contribution >= 4 is 22.7 Å². The average Bonchev–Trinajstić information content (AvgIpc) is 3.02. The van der Waals surface area contributed by atoms with Crippen molar-refractivity contribution in [3.05, 3.63) is 64.6 Å². The van der Waals surface area contributed by atoms with Gasteiger partial charge in [-0.1, -0.05) is 18.2 Å². The van der Waals surface area contributed by atoms with E-state index in [9.17, 15) is 9.59 Å². The number of aromatic amines is 1. The third kappa shape index (κ3) is 3.59. The van der Waals surface area contributed by atoms with Crippen molar-refractivity contribution in [2.24, 2.45) is 0 Å². The van der Waals surface area contributed by atoms with Crippen LogP contribution in [-0.4, -0.2) is 58.3 Å². The number of carboxylic acid groups (broad SMARTS) is 1. The standard InChI is InChI=1S/C20H22N4O3/c25-19(26)15-4-3-5-16(14-15)23-11-8-22(9-12-23)10-13-24-18-7-2-1-6-17(18)21-20(24)27/h1-7,14H,8-13H2,(H,21,27)(H,25,26). The second kappa shape index (κ2) is 7.28. The monoisotopic (exact) mass is 366 g/mol. The first-order valence-corrected chi connectivity index (χ1v) is 9.10. The quantitative estimate of drug-likeness (QED) is 0.720. The van der Waals surface area contributed by atoms with E-state index in [4.69, 9.17) is 5.11 Å². The Balaban J connectivity index is 1.37. The lowest BCUT2D eigenvalue weighted by molar-refractivity contribution is 0.0697. The van der Waals surface area contributed by atoms with Crippen LogP contribution in [0.2, 0.25) is 0 Å². The van der Waals surface area contributed by atoms with E-state index in [1.807, 2.05) is 30.3 Å². The number of piperazine rings is 1. The number of anilines is 1. The van der Waals surface area contributed by atoms with Crippen LogP contribution in [0.4, 0.5) is 5.69 Å².